The van der Waals surface area contributed by atoms with Gasteiger partial charge in [-0.3, -0.25) is 14.0 Å². The van der Waals surface area contributed by atoms with Crippen molar-refractivity contribution in [3.8, 4) is 0 Å². The molecule has 7 nitrogen and oxygen atoms in total. The number of hydrogen-bond acceptors (Lipinski definition) is 4. The van der Waals surface area contributed by atoms with Gasteiger partial charge in [0.25, 0.3) is 11.5 Å². The maximum absolute atomic E-state index is 12.1. The van der Waals surface area contributed by atoms with Crippen molar-refractivity contribution in [3.63, 3.8) is 0 Å². The third-order valence-electron chi connectivity index (χ3n) is 3.01. The Morgan fingerprint density at radius 3 is 2.95 bits per heavy atom. The lowest BCUT2D eigenvalue weighted by atomic mass is 10.2. The summed E-state index contributed by atoms with van der Waals surface area (Å²) in [5.41, 5.74) is 0.0684. The molecule has 2 N–H and O–H groups in total. The van der Waals surface area contributed by atoms with E-state index in [9.17, 15) is 9.59 Å². The number of carbonyl (C=O) groups is 1. The number of halogens is 2. The van der Waals surface area contributed by atoms with Crippen molar-refractivity contribution in [1.82, 2.24) is 24.9 Å². The minimum Gasteiger partial charge on any atom is -0.345 e. The standard InChI is InChI=1S/C13H9Cl2N5O2/c14-8-3-1-2-7(10(8)15)12(21)17-6-9-18-19-11-13(22)16-4-5-20(9)11/h1-5H,6H2,(H,16,22)(H,17,21). The third kappa shape index (κ3) is 2.56. The molecule has 3 aromatic rings. The molecule has 1 amide bonds. The zero-order valence-corrected chi connectivity index (χ0v) is 12.5. The van der Waals surface area contributed by atoms with Crippen LogP contribution in [0.15, 0.2) is 35.4 Å². The number of fused-ring (bicyclic) bond motifs is 1. The lowest BCUT2D eigenvalue weighted by Gasteiger charge is -2.06. The maximum atomic E-state index is 12.1. The third-order valence-corrected chi connectivity index (χ3v) is 3.83. The lowest BCUT2D eigenvalue weighted by Crippen LogP contribution is -2.24. The van der Waals surface area contributed by atoms with Crippen LogP contribution in [0.1, 0.15) is 16.2 Å². The predicted octanol–water partition coefficient (Wildman–Crippen LogP) is 1.65. The van der Waals surface area contributed by atoms with E-state index in [1.807, 2.05) is 0 Å². The molecule has 0 radical (unpaired) electrons. The van der Waals surface area contributed by atoms with E-state index >= 15 is 0 Å². The normalized spacial score (nSPS) is 10.8. The van der Waals surface area contributed by atoms with E-state index in [0.29, 0.717) is 10.8 Å². The van der Waals surface area contributed by atoms with E-state index in [4.69, 9.17) is 23.2 Å². The maximum Gasteiger partial charge on any atom is 0.293 e. The summed E-state index contributed by atoms with van der Waals surface area (Å²) in [5.74, 6) is 0.0293. The average Bonchev–Trinajstić information content (AvgIpc) is 2.92. The summed E-state index contributed by atoms with van der Waals surface area (Å²) >= 11 is 11.9. The molecular weight excluding hydrogens is 329 g/mol. The van der Waals surface area contributed by atoms with Crippen LogP contribution < -0.4 is 10.9 Å². The van der Waals surface area contributed by atoms with Crippen molar-refractivity contribution < 1.29 is 4.79 Å². The molecule has 0 aliphatic carbocycles. The summed E-state index contributed by atoms with van der Waals surface area (Å²) in [7, 11) is 0. The molecule has 0 unspecified atom stereocenters. The van der Waals surface area contributed by atoms with Gasteiger partial charge in [-0.1, -0.05) is 29.3 Å². The van der Waals surface area contributed by atoms with Crippen LogP contribution in [0.5, 0.6) is 0 Å². The van der Waals surface area contributed by atoms with Crippen molar-refractivity contribution in [2.45, 2.75) is 6.54 Å². The van der Waals surface area contributed by atoms with Crippen LogP contribution in [-0.2, 0) is 6.54 Å². The topological polar surface area (TPSA) is 92.2 Å². The highest BCUT2D eigenvalue weighted by atomic mass is 35.5. The summed E-state index contributed by atoms with van der Waals surface area (Å²) in [6.45, 7) is 0.0896. The Hall–Kier alpha value is -2.38. The van der Waals surface area contributed by atoms with Crippen LogP contribution in [-0.4, -0.2) is 25.5 Å². The molecule has 0 aliphatic heterocycles. The SMILES string of the molecule is O=C(NCc1nnc2c(=O)[nH]ccn12)c1cccc(Cl)c1Cl. The number of nitrogens with one attached hydrogen (secondary N) is 2. The molecule has 0 bridgehead atoms. The second-order valence-electron chi connectivity index (χ2n) is 4.38. The highest BCUT2D eigenvalue weighted by Gasteiger charge is 2.14. The number of benzene rings is 1. The van der Waals surface area contributed by atoms with Crippen molar-refractivity contribution in [2.75, 3.05) is 0 Å². The Morgan fingerprint density at radius 1 is 1.32 bits per heavy atom. The molecule has 1 aromatic carbocycles. The van der Waals surface area contributed by atoms with Crippen molar-refractivity contribution in [1.29, 1.82) is 0 Å². The van der Waals surface area contributed by atoms with Crippen LogP contribution in [0.2, 0.25) is 10.0 Å². The summed E-state index contributed by atoms with van der Waals surface area (Å²) in [4.78, 5) is 26.2. The minimum absolute atomic E-state index is 0.0896. The molecule has 0 atom stereocenters. The average molecular weight is 338 g/mol. The molecule has 0 saturated carbocycles. The quantitative estimate of drug-likeness (QED) is 0.760. The molecule has 2 heterocycles. The van der Waals surface area contributed by atoms with Gasteiger partial charge in [0.15, 0.2) is 5.82 Å². The van der Waals surface area contributed by atoms with Gasteiger partial charge in [0, 0.05) is 12.4 Å². The van der Waals surface area contributed by atoms with Crippen LogP contribution in [0, 0.1) is 0 Å². The highest BCUT2D eigenvalue weighted by molar-refractivity contribution is 6.43. The van der Waals surface area contributed by atoms with Gasteiger partial charge in [-0.25, -0.2) is 0 Å². The van der Waals surface area contributed by atoms with Crippen molar-refractivity contribution >= 4 is 34.8 Å². The number of amides is 1. The predicted molar refractivity (Wildman–Crippen MR) is 81.2 cm³/mol. The first-order valence-electron chi connectivity index (χ1n) is 6.21. The van der Waals surface area contributed by atoms with Gasteiger partial charge < -0.3 is 10.3 Å². The minimum atomic E-state index is -0.394. The first kappa shape index (κ1) is 14.6. The molecule has 0 saturated heterocycles. The van der Waals surface area contributed by atoms with E-state index in [-0.39, 0.29) is 28.3 Å². The van der Waals surface area contributed by atoms with Crippen LogP contribution in [0.4, 0.5) is 0 Å². The smallest absolute Gasteiger partial charge is 0.293 e. The number of aromatic amines is 1. The van der Waals surface area contributed by atoms with E-state index in [0.717, 1.165) is 0 Å². The van der Waals surface area contributed by atoms with Gasteiger partial charge in [0.05, 0.1) is 22.2 Å². The Morgan fingerprint density at radius 2 is 2.14 bits per heavy atom. The van der Waals surface area contributed by atoms with Crippen LogP contribution in [0.25, 0.3) is 5.65 Å². The first-order chi connectivity index (χ1) is 10.6. The molecule has 0 aliphatic rings. The Balaban J connectivity index is 1.82. The number of aromatic nitrogens is 4. The summed E-state index contributed by atoms with van der Waals surface area (Å²) in [6.07, 6.45) is 3.07. The number of carbonyl (C=O) groups excluding carboxylic acids is 1. The second-order valence-corrected chi connectivity index (χ2v) is 5.17. The van der Waals surface area contributed by atoms with Gasteiger partial charge in [-0.2, -0.15) is 0 Å². The number of H-pyrrole nitrogens is 1. The summed E-state index contributed by atoms with van der Waals surface area (Å²) < 4.78 is 1.50. The van der Waals surface area contributed by atoms with Crippen molar-refractivity contribution in [2.24, 2.45) is 0 Å². The van der Waals surface area contributed by atoms with Gasteiger partial charge in [0.2, 0.25) is 5.65 Å². The van der Waals surface area contributed by atoms with E-state index in [2.05, 4.69) is 20.5 Å². The van der Waals surface area contributed by atoms with Crippen molar-refractivity contribution in [3.05, 3.63) is 62.4 Å². The molecular formula is C13H9Cl2N5O2. The Bertz CT molecular complexity index is 918. The summed E-state index contributed by atoms with van der Waals surface area (Å²) in [5, 5.41) is 10.8. The fourth-order valence-corrected chi connectivity index (χ4v) is 2.33. The lowest BCUT2D eigenvalue weighted by molar-refractivity contribution is 0.0950. The second kappa shape index (κ2) is 5.78. The van der Waals surface area contributed by atoms with E-state index in [1.165, 1.54) is 10.6 Å². The number of hydrogen-bond donors (Lipinski definition) is 2. The fourth-order valence-electron chi connectivity index (χ4n) is 1.94. The largest absolute Gasteiger partial charge is 0.345 e. The molecule has 3 rings (SSSR count). The number of rotatable bonds is 3. The fraction of sp³-hybridized carbons (Fsp3) is 0.0769. The van der Waals surface area contributed by atoms with Gasteiger partial charge >= 0.3 is 0 Å². The van der Waals surface area contributed by atoms with Gasteiger partial charge in [0.1, 0.15) is 0 Å². The molecule has 0 fully saturated rings. The zero-order chi connectivity index (χ0) is 15.7. The zero-order valence-electron chi connectivity index (χ0n) is 11.0. The molecule has 22 heavy (non-hydrogen) atoms. The van der Waals surface area contributed by atoms with E-state index in [1.54, 1.807) is 24.4 Å². The highest BCUT2D eigenvalue weighted by Crippen LogP contribution is 2.25. The monoisotopic (exact) mass is 337 g/mol. The van der Waals surface area contributed by atoms with E-state index < -0.39 is 5.91 Å². The van der Waals surface area contributed by atoms with Gasteiger partial charge in [-0.05, 0) is 12.1 Å². The molecule has 9 heteroatoms. The number of nitrogens with zero attached hydrogens (tertiary/aromatic N) is 3. The summed E-state index contributed by atoms with van der Waals surface area (Å²) in [6, 6.07) is 4.80. The first-order valence-corrected chi connectivity index (χ1v) is 6.97. The molecule has 0 spiro atoms. The molecule has 112 valence electrons. The van der Waals surface area contributed by atoms with Crippen LogP contribution >= 0.6 is 23.2 Å². The van der Waals surface area contributed by atoms with Crippen LogP contribution in [0.3, 0.4) is 0 Å². The molecule has 2 aromatic heterocycles. The Labute approximate surface area is 133 Å². The van der Waals surface area contributed by atoms with Gasteiger partial charge in [-0.15, -0.1) is 10.2 Å². The Kier molecular flexibility index (Phi) is 3.82.